The lowest BCUT2D eigenvalue weighted by atomic mass is 10.3. The Hall–Kier alpha value is -0.0200. The summed E-state index contributed by atoms with van der Waals surface area (Å²) in [6, 6.07) is 0. The van der Waals surface area contributed by atoms with Crippen molar-refractivity contribution in [1.29, 1.82) is 0 Å². The maximum Gasteiger partial charge on any atom is 0.146 e. The van der Waals surface area contributed by atoms with E-state index in [1.54, 1.807) is 0 Å². The van der Waals surface area contributed by atoms with Gasteiger partial charge in [-0.25, -0.2) is 0 Å². The summed E-state index contributed by atoms with van der Waals surface area (Å²) in [5.41, 5.74) is 0. The van der Waals surface area contributed by atoms with Gasteiger partial charge >= 0.3 is 0 Å². The van der Waals surface area contributed by atoms with Crippen LogP contribution in [0.25, 0.3) is 0 Å². The van der Waals surface area contributed by atoms with Crippen LogP contribution in [0.2, 0.25) is 0 Å². The molecule has 0 saturated carbocycles. The molecule has 0 radical (unpaired) electrons. The smallest absolute Gasteiger partial charge is 0.146 e. The third-order valence-electron chi connectivity index (χ3n) is 1.08. The number of thiol groups is 1. The molecule has 0 spiro atoms. The molecule has 0 unspecified atom stereocenters. The Kier molecular flexibility index (Phi) is 4.81. The van der Waals surface area contributed by atoms with Crippen molar-refractivity contribution in [2.75, 3.05) is 19.5 Å². The van der Waals surface area contributed by atoms with E-state index in [9.17, 15) is 4.79 Å². The fourth-order valence-corrected chi connectivity index (χ4v) is 0.563. The fourth-order valence-electron chi connectivity index (χ4n) is 0.463. The lowest BCUT2D eigenvalue weighted by molar-refractivity contribution is -0.119. The first kappa shape index (κ1) is 8.98. The van der Waals surface area contributed by atoms with Gasteiger partial charge in [0.15, 0.2) is 0 Å². The average molecular weight is 147 g/mol. The SMILES string of the molecule is CCC(=O)CN(C)CS. The number of nitrogens with zero attached hydrogens (tertiary/aromatic N) is 1. The number of likely N-dealkylation sites (N-methyl/N-ethyl adjacent to an activating group) is 1. The molecule has 0 bridgehead atoms. The third-order valence-corrected chi connectivity index (χ3v) is 1.56. The number of Topliss-reactive ketones (excluding diaryl/α,β-unsaturated/α-hetero) is 1. The summed E-state index contributed by atoms with van der Waals surface area (Å²) in [5.74, 6) is 0.915. The number of ketones is 1. The van der Waals surface area contributed by atoms with Crippen molar-refractivity contribution < 1.29 is 4.79 Å². The Morgan fingerprint density at radius 2 is 2.22 bits per heavy atom. The van der Waals surface area contributed by atoms with Crippen molar-refractivity contribution in [1.82, 2.24) is 4.90 Å². The number of hydrogen-bond acceptors (Lipinski definition) is 3. The van der Waals surface area contributed by atoms with Crippen molar-refractivity contribution >= 4 is 18.4 Å². The van der Waals surface area contributed by atoms with Crippen molar-refractivity contribution in [2.45, 2.75) is 13.3 Å². The lowest BCUT2D eigenvalue weighted by Gasteiger charge is -2.10. The molecule has 0 aromatic heterocycles. The van der Waals surface area contributed by atoms with Gasteiger partial charge in [-0.2, -0.15) is 12.6 Å². The van der Waals surface area contributed by atoms with Gasteiger partial charge in [0.2, 0.25) is 0 Å². The molecule has 2 nitrogen and oxygen atoms in total. The molecule has 0 rings (SSSR count). The van der Waals surface area contributed by atoms with Gasteiger partial charge in [0, 0.05) is 12.3 Å². The summed E-state index contributed by atoms with van der Waals surface area (Å²) in [4.78, 5) is 12.6. The zero-order chi connectivity index (χ0) is 7.28. The third kappa shape index (κ3) is 4.48. The Morgan fingerprint density at radius 3 is 2.56 bits per heavy atom. The summed E-state index contributed by atoms with van der Waals surface area (Å²) >= 11 is 4.00. The quantitative estimate of drug-likeness (QED) is 0.468. The first-order valence-corrected chi connectivity index (χ1v) is 3.65. The Labute approximate surface area is 61.6 Å². The molecule has 0 fully saturated rings. The second-order valence-corrected chi connectivity index (χ2v) is 2.33. The van der Waals surface area contributed by atoms with Gasteiger partial charge in [0.05, 0.1) is 6.54 Å². The van der Waals surface area contributed by atoms with Crippen LogP contribution in [-0.4, -0.2) is 30.2 Å². The Morgan fingerprint density at radius 1 is 1.67 bits per heavy atom. The predicted molar refractivity (Wildman–Crippen MR) is 41.8 cm³/mol. The molecule has 54 valence electrons. The number of carbonyl (C=O) groups excluding carboxylic acids is 1. The highest BCUT2D eigenvalue weighted by Crippen LogP contribution is 1.87. The van der Waals surface area contributed by atoms with E-state index in [2.05, 4.69) is 12.6 Å². The molecule has 0 aliphatic heterocycles. The van der Waals surface area contributed by atoms with Crippen molar-refractivity contribution in [2.24, 2.45) is 0 Å². The van der Waals surface area contributed by atoms with E-state index in [0.717, 1.165) is 0 Å². The standard InChI is InChI=1S/C6H13NOS/c1-3-6(8)4-7(2)5-9/h9H,3-5H2,1-2H3. The zero-order valence-corrected chi connectivity index (χ0v) is 6.82. The van der Waals surface area contributed by atoms with E-state index >= 15 is 0 Å². The van der Waals surface area contributed by atoms with Gasteiger partial charge in [-0.1, -0.05) is 6.92 Å². The van der Waals surface area contributed by atoms with E-state index in [4.69, 9.17) is 0 Å². The normalized spacial score (nSPS) is 10.2. The lowest BCUT2D eigenvalue weighted by Crippen LogP contribution is -2.23. The highest BCUT2D eigenvalue weighted by molar-refractivity contribution is 7.80. The molecule has 0 saturated heterocycles. The number of carbonyl (C=O) groups is 1. The fraction of sp³-hybridized carbons (Fsp3) is 0.833. The minimum absolute atomic E-state index is 0.270. The van der Waals surface area contributed by atoms with Crippen LogP contribution >= 0.6 is 12.6 Å². The summed E-state index contributed by atoms with van der Waals surface area (Å²) in [5, 5.41) is 0. The molecule has 0 aliphatic rings. The maximum atomic E-state index is 10.7. The van der Waals surface area contributed by atoms with E-state index in [1.165, 1.54) is 0 Å². The minimum Gasteiger partial charge on any atom is -0.298 e. The first-order valence-electron chi connectivity index (χ1n) is 3.01. The number of rotatable bonds is 4. The van der Waals surface area contributed by atoms with Crippen LogP contribution in [0.5, 0.6) is 0 Å². The van der Waals surface area contributed by atoms with Gasteiger partial charge in [0.1, 0.15) is 5.78 Å². The van der Waals surface area contributed by atoms with Crippen LogP contribution in [0.4, 0.5) is 0 Å². The van der Waals surface area contributed by atoms with Crippen LogP contribution in [-0.2, 0) is 4.79 Å². The first-order chi connectivity index (χ1) is 4.20. The van der Waals surface area contributed by atoms with E-state index < -0.39 is 0 Å². The average Bonchev–Trinajstić information content (AvgIpc) is 1.87. The van der Waals surface area contributed by atoms with E-state index in [-0.39, 0.29) is 5.78 Å². The highest BCUT2D eigenvalue weighted by Gasteiger charge is 2.00. The summed E-state index contributed by atoms with van der Waals surface area (Å²) in [6.45, 7) is 2.40. The second-order valence-electron chi connectivity index (χ2n) is 2.05. The Bertz CT molecular complexity index is 95.1. The van der Waals surface area contributed by atoms with Crippen LogP contribution in [0.15, 0.2) is 0 Å². The highest BCUT2D eigenvalue weighted by atomic mass is 32.1. The Balaban J connectivity index is 3.34. The monoisotopic (exact) mass is 147 g/mol. The van der Waals surface area contributed by atoms with Crippen LogP contribution in [0, 0.1) is 0 Å². The van der Waals surface area contributed by atoms with E-state index in [0.29, 0.717) is 18.8 Å². The summed E-state index contributed by atoms with van der Waals surface area (Å²) in [7, 11) is 1.88. The molecule has 9 heavy (non-hydrogen) atoms. The summed E-state index contributed by atoms with van der Waals surface area (Å²) < 4.78 is 0. The van der Waals surface area contributed by atoms with Crippen molar-refractivity contribution in [3.8, 4) is 0 Å². The van der Waals surface area contributed by atoms with Gasteiger partial charge in [-0.15, -0.1) is 0 Å². The van der Waals surface area contributed by atoms with Gasteiger partial charge in [-0.3, -0.25) is 9.69 Å². The second kappa shape index (κ2) is 4.82. The van der Waals surface area contributed by atoms with Crippen LogP contribution in [0.1, 0.15) is 13.3 Å². The molecule has 0 aliphatic carbocycles. The minimum atomic E-state index is 0.270. The molecule has 0 N–H and O–H groups in total. The molecule has 0 aromatic rings. The molecule has 0 aromatic carbocycles. The van der Waals surface area contributed by atoms with Gasteiger partial charge < -0.3 is 0 Å². The molecular weight excluding hydrogens is 134 g/mol. The van der Waals surface area contributed by atoms with Crippen molar-refractivity contribution in [3.63, 3.8) is 0 Å². The van der Waals surface area contributed by atoms with Gasteiger partial charge in [-0.05, 0) is 7.05 Å². The molecule has 0 heterocycles. The maximum absolute atomic E-state index is 10.7. The topological polar surface area (TPSA) is 20.3 Å². The molecule has 3 heteroatoms. The largest absolute Gasteiger partial charge is 0.298 e. The predicted octanol–water partition coefficient (Wildman–Crippen LogP) is 0.785. The molecule has 0 amide bonds. The van der Waals surface area contributed by atoms with Crippen LogP contribution in [0.3, 0.4) is 0 Å². The zero-order valence-electron chi connectivity index (χ0n) is 5.92. The van der Waals surface area contributed by atoms with Crippen LogP contribution < -0.4 is 0 Å². The molecular formula is C6H13NOS. The van der Waals surface area contributed by atoms with E-state index in [1.807, 2.05) is 18.9 Å². The summed E-state index contributed by atoms with van der Waals surface area (Å²) in [6.07, 6.45) is 0.623. The number of hydrogen-bond donors (Lipinski definition) is 1. The van der Waals surface area contributed by atoms with Gasteiger partial charge in [0.25, 0.3) is 0 Å². The molecule has 0 atom stereocenters. The van der Waals surface area contributed by atoms with Crippen molar-refractivity contribution in [3.05, 3.63) is 0 Å².